The number of aromatic nitrogens is 2. The van der Waals surface area contributed by atoms with Crippen LogP contribution in [0.3, 0.4) is 0 Å². The molecule has 0 saturated heterocycles. The molecular formula is C20H19N3O2S. The molecule has 1 amide bonds. The minimum absolute atomic E-state index is 0.0766. The molecule has 0 radical (unpaired) electrons. The first-order chi connectivity index (χ1) is 12.6. The maximum atomic E-state index is 12.7. The lowest BCUT2D eigenvalue weighted by atomic mass is 9.95. The van der Waals surface area contributed by atoms with Gasteiger partial charge in [0.25, 0.3) is 11.5 Å². The fraction of sp³-hybridized carbons (Fsp3) is 0.250. The van der Waals surface area contributed by atoms with E-state index in [0.717, 1.165) is 30.4 Å². The van der Waals surface area contributed by atoms with Gasteiger partial charge >= 0.3 is 0 Å². The third-order valence-electron chi connectivity index (χ3n) is 4.57. The van der Waals surface area contributed by atoms with Crippen LogP contribution in [0, 0.1) is 6.92 Å². The molecule has 0 unspecified atom stereocenters. The number of aryl methyl sites for hydroxylation is 2. The zero-order valence-electron chi connectivity index (χ0n) is 14.5. The Balaban J connectivity index is 1.60. The number of carbonyl (C=O) groups is 1. The van der Waals surface area contributed by atoms with Gasteiger partial charge in [-0.3, -0.25) is 9.59 Å². The van der Waals surface area contributed by atoms with E-state index in [1.54, 1.807) is 18.3 Å². The van der Waals surface area contributed by atoms with Gasteiger partial charge in [-0.05, 0) is 50.3 Å². The van der Waals surface area contributed by atoms with Crippen LogP contribution in [0.5, 0.6) is 0 Å². The van der Waals surface area contributed by atoms with Crippen molar-refractivity contribution in [3.63, 3.8) is 0 Å². The highest BCUT2D eigenvalue weighted by Crippen LogP contribution is 2.31. The number of fused-ring (bicyclic) bond motifs is 1. The van der Waals surface area contributed by atoms with E-state index in [4.69, 9.17) is 0 Å². The van der Waals surface area contributed by atoms with E-state index in [0.29, 0.717) is 17.2 Å². The lowest BCUT2D eigenvalue weighted by Crippen LogP contribution is -2.14. The van der Waals surface area contributed by atoms with Crippen LogP contribution in [-0.4, -0.2) is 15.9 Å². The van der Waals surface area contributed by atoms with Crippen molar-refractivity contribution in [1.82, 2.24) is 9.97 Å². The number of hydrogen-bond donors (Lipinski definition) is 2. The van der Waals surface area contributed by atoms with Gasteiger partial charge in [-0.15, -0.1) is 11.3 Å². The number of carbonyl (C=O) groups excluding carboxylic acids is 1. The largest absolute Gasteiger partial charge is 0.322 e. The van der Waals surface area contributed by atoms with Crippen LogP contribution in [0.25, 0.3) is 11.4 Å². The van der Waals surface area contributed by atoms with E-state index in [9.17, 15) is 9.59 Å². The van der Waals surface area contributed by atoms with Gasteiger partial charge in [0.05, 0.1) is 5.56 Å². The molecule has 2 N–H and O–H groups in total. The fourth-order valence-corrected chi connectivity index (χ4v) is 4.47. The second-order valence-corrected chi connectivity index (χ2v) is 7.49. The highest BCUT2D eigenvalue weighted by Gasteiger charge is 2.20. The number of thiophene rings is 1. The van der Waals surface area contributed by atoms with Crippen LogP contribution in [-0.2, 0) is 12.8 Å². The molecule has 0 fully saturated rings. The average Bonchev–Trinajstić information content (AvgIpc) is 3.05. The standard InChI is InChI=1S/C20H19N3O2S/c1-12-9-18(24)23-19(21-12)13-5-4-6-14(10-13)22-20(25)16-11-26-17-8-3-2-7-15(16)17/h4-6,9-11H,2-3,7-8H2,1H3,(H,22,25)(H,21,23,24). The molecule has 3 aromatic rings. The second kappa shape index (κ2) is 6.88. The monoisotopic (exact) mass is 365 g/mol. The number of nitrogens with one attached hydrogen (secondary N) is 2. The van der Waals surface area contributed by atoms with Crippen molar-refractivity contribution in [2.45, 2.75) is 32.6 Å². The van der Waals surface area contributed by atoms with Gasteiger partial charge < -0.3 is 10.3 Å². The van der Waals surface area contributed by atoms with Crippen LogP contribution in [0.1, 0.15) is 39.3 Å². The summed E-state index contributed by atoms with van der Waals surface area (Å²) in [5.41, 5.74) is 3.91. The Morgan fingerprint density at radius 2 is 2.08 bits per heavy atom. The maximum absolute atomic E-state index is 12.7. The Morgan fingerprint density at radius 1 is 1.23 bits per heavy atom. The van der Waals surface area contributed by atoms with Crippen molar-refractivity contribution in [1.29, 1.82) is 0 Å². The molecule has 1 aromatic carbocycles. The molecule has 1 aliphatic rings. The maximum Gasteiger partial charge on any atom is 0.256 e. The van der Waals surface area contributed by atoms with Crippen LogP contribution < -0.4 is 10.9 Å². The van der Waals surface area contributed by atoms with Crippen molar-refractivity contribution in [3.8, 4) is 11.4 Å². The molecule has 1 aliphatic carbocycles. The van der Waals surface area contributed by atoms with Gasteiger partial charge in [0, 0.05) is 33.3 Å². The number of aromatic amines is 1. The Kier molecular flexibility index (Phi) is 4.42. The zero-order valence-corrected chi connectivity index (χ0v) is 15.3. The molecule has 5 nitrogen and oxygen atoms in total. The van der Waals surface area contributed by atoms with E-state index in [1.165, 1.54) is 22.9 Å². The lowest BCUT2D eigenvalue weighted by Gasteiger charge is -2.13. The first-order valence-corrected chi connectivity index (χ1v) is 9.57. The highest BCUT2D eigenvalue weighted by atomic mass is 32.1. The molecular weight excluding hydrogens is 346 g/mol. The van der Waals surface area contributed by atoms with Crippen LogP contribution in [0.4, 0.5) is 5.69 Å². The van der Waals surface area contributed by atoms with Gasteiger partial charge in [0.2, 0.25) is 0 Å². The number of nitrogens with zero attached hydrogens (tertiary/aromatic N) is 1. The second-order valence-electron chi connectivity index (χ2n) is 6.53. The predicted octanol–water partition coefficient (Wildman–Crippen LogP) is 3.94. The summed E-state index contributed by atoms with van der Waals surface area (Å²) in [4.78, 5) is 32.8. The van der Waals surface area contributed by atoms with Gasteiger partial charge in [-0.1, -0.05) is 12.1 Å². The fourth-order valence-electron chi connectivity index (χ4n) is 3.34. The normalized spacial score (nSPS) is 13.3. The van der Waals surface area contributed by atoms with E-state index in [2.05, 4.69) is 15.3 Å². The van der Waals surface area contributed by atoms with Crippen molar-refractivity contribution in [3.05, 3.63) is 67.8 Å². The van der Waals surface area contributed by atoms with Crippen molar-refractivity contribution >= 4 is 22.9 Å². The van der Waals surface area contributed by atoms with Gasteiger partial charge in [0.1, 0.15) is 5.82 Å². The number of amides is 1. The molecule has 132 valence electrons. The number of hydrogen-bond acceptors (Lipinski definition) is 4. The number of rotatable bonds is 3. The van der Waals surface area contributed by atoms with Gasteiger partial charge in [-0.25, -0.2) is 4.98 Å². The molecule has 0 atom stereocenters. The van der Waals surface area contributed by atoms with Crippen LogP contribution in [0.15, 0.2) is 40.5 Å². The predicted molar refractivity (Wildman–Crippen MR) is 104 cm³/mol. The highest BCUT2D eigenvalue weighted by molar-refractivity contribution is 7.10. The van der Waals surface area contributed by atoms with Crippen molar-refractivity contribution in [2.75, 3.05) is 5.32 Å². The summed E-state index contributed by atoms with van der Waals surface area (Å²) in [6.07, 6.45) is 4.41. The van der Waals surface area contributed by atoms with Crippen LogP contribution in [0.2, 0.25) is 0 Å². The average molecular weight is 365 g/mol. The summed E-state index contributed by atoms with van der Waals surface area (Å²) in [7, 11) is 0. The summed E-state index contributed by atoms with van der Waals surface area (Å²) in [6, 6.07) is 8.83. The van der Waals surface area contributed by atoms with E-state index in [1.807, 2.05) is 29.6 Å². The smallest absolute Gasteiger partial charge is 0.256 e. The molecule has 0 spiro atoms. The summed E-state index contributed by atoms with van der Waals surface area (Å²) >= 11 is 1.68. The van der Waals surface area contributed by atoms with E-state index >= 15 is 0 Å². The quantitative estimate of drug-likeness (QED) is 0.738. The molecule has 26 heavy (non-hydrogen) atoms. The summed E-state index contributed by atoms with van der Waals surface area (Å²) in [6.45, 7) is 1.78. The van der Waals surface area contributed by atoms with E-state index in [-0.39, 0.29) is 11.5 Å². The molecule has 6 heteroatoms. The molecule has 2 aromatic heterocycles. The Morgan fingerprint density at radius 3 is 2.92 bits per heavy atom. The van der Waals surface area contributed by atoms with Gasteiger partial charge in [0.15, 0.2) is 0 Å². The zero-order chi connectivity index (χ0) is 18.1. The molecule has 4 rings (SSSR count). The third kappa shape index (κ3) is 3.32. The first-order valence-electron chi connectivity index (χ1n) is 8.69. The summed E-state index contributed by atoms with van der Waals surface area (Å²) in [5, 5.41) is 4.95. The first kappa shape index (κ1) is 16.7. The topological polar surface area (TPSA) is 74.8 Å². The van der Waals surface area contributed by atoms with E-state index < -0.39 is 0 Å². The molecule has 0 bridgehead atoms. The Bertz CT molecular complexity index is 1040. The minimum Gasteiger partial charge on any atom is -0.322 e. The molecule has 0 aliphatic heterocycles. The van der Waals surface area contributed by atoms with Crippen molar-refractivity contribution < 1.29 is 4.79 Å². The number of H-pyrrole nitrogens is 1. The molecule has 0 saturated carbocycles. The lowest BCUT2D eigenvalue weighted by molar-refractivity contribution is 0.102. The summed E-state index contributed by atoms with van der Waals surface area (Å²) in [5.74, 6) is 0.422. The SMILES string of the molecule is Cc1cc(=O)[nH]c(-c2cccc(NC(=O)c3csc4c3CCCC4)c2)n1. The number of anilines is 1. The third-order valence-corrected chi connectivity index (χ3v) is 5.66. The minimum atomic E-state index is -0.188. The van der Waals surface area contributed by atoms with Crippen LogP contribution >= 0.6 is 11.3 Å². The number of benzene rings is 1. The van der Waals surface area contributed by atoms with Gasteiger partial charge in [-0.2, -0.15) is 0 Å². The summed E-state index contributed by atoms with van der Waals surface area (Å²) < 4.78 is 0. The Hall–Kier alpha value is -2.73. The van der Waals surface area contributed by atoms with Crippen molar-refractivity contribution in [2.24, 2.45) is 0 Å². The molecule has 2 heterocycles. The Labute approximate surface area is 155 Å².